The van der Waals surface area contributed by atoms with Crippen molar-refractivity contribution < 1.29 is 0 Å². The van der Waals surface area contributed by atoms with Crippen LogP contribution in [0.4, 0.5) is 0 Å². The van der Waals surface area contributed by atoms with Gasteiger partial charge in [-0.2, -0.15) is 0 Å². The highest BCUT2D eigenvalue weighted by Crippen LogP contribution is 1.96. The normalized spacial score (nSPS) is 17.6. The fourth-order valence-electron chi connectivity index (χ4n) is 0.451. The minimum atomic E-state index is 0.704. The summed E-state index contributed by atoms with van der Waals surface area (Å²) in [5.74, 6) is 0.704. The van der Waals surface area contributed by atoms with E-state index in [-0.39, 0.29) is 0 Å². The van der Waals surface area contributed by atoms with E-state index in [1.807, 2.05) is 13.1 Å². The molecule has 0 fully saturated rings. The van der Waals surface area contributed by atoms with Crippen LogP contribution in [0.5, 0.6) is 0 Å². The summed E-state index contributed by atoms with van der Waals surface area (Å²) in [6.45, 7) is 5.57. The van der Waals surface area contributed by atoms with E-state index < -0.39 is 0 Å². The molecule has 0 aromatic rings. The molecule has 0 unspecified atom stereocenters. The van der Waals surface area contributed by atoms with E-state index in [0.717, 1.165) is 5.57 Å². The highest BCUT2D eigenvalue weighted by atomic mass is 15.0. The first-order valence-electron chi connectivity index (χ1n) is 2.45. The van der Waals surface area contributed by atoms with Gasteiger partial charge in [0.05, 0.1) is 0 Å². The Labute approximate surface area is 48.6 Å². The van der Waals surface area contributed by atoms with Crippen molar-refractivity contribution in [3.05, 3.63) is 24.2 Å². The lowest BCUT2D eigenvalue weighted by atomic mass is 10.3. The van der Waals surface area contributed by atoms with Gasteiger partial charge in [-0.3, -0.25) is 0 Å². The maximum absolute atomic E-state index is 3.91. The molecule has 42 valence electrons. The van der Waals surface area contributed by atoms with Crippen LogP contribution in [0.1, 0.15) is 6.92 Å². The van der Waals surface area contributed by atoms with E-state index in [1.165, 1.54) is 0 Å². The fourth-order valence-corrected chi connectivity index (χ4v) is 0.451. The van der Waals surface area contributed by atoms with Gasteiger partial charge in [0.1, 0.15) is 5.82 Å². The number of aliphatic imine (C=N–C) groups is 1. The van der Waals surface area contributed by atoms with E-state index in [9.17, 15) is 0 Å². The van der Waals surface area contributed by atoms with Crippen molar-refractivity contribution in [2.75, 3.05) is 0 Å². The van der Waals surface area contributed by atoms with Gasteiger partial charge >= 0.3 is 0 Å². The number of hydrogen-bond donors (Lipinski definition) is 1. The van der Waals surface area contributed by atoms with E-state index in [4.69, 9.17) is 0 Å². The summed E-state index contributed by atoms with van der Waals surface area (Å²) in [6, 6.07) is 0. The number of nitrogens with zero attached hydrogens (tertiary/aromatic N) is 1. The number of hydrogen-bond acceptors (Lipinski definition) is 2. The predicted octanol–water partition coefficient (Wildman–Crippen LogP) is 1.04. The van der Waals surface area contributed by atoms with Gasteiger partial charge in [0, 0.05) is 12.4 Å². The lowest BCUT2D eigenvalue weighted by molar-refractivity contribution is 1.01. The first kappa shape index (κ1) is 5.09. The smallest absolute Gasteiger partial charge is 0.122 e. The zero-order valence-electron chi connectivity index (χ0n) is 4.81. The van der Waals surface area contributed by atoms with Crippen LogP contribution >= 0.6 is 0 Å². The van der Waals surface area contributed by atoms with E-state index in [2.05, 4.69) is 16.9 Å². The van der Waals surface area contributed by atoms with Crippen LogP contribution < -0.4 is 5.32 Å². The molecule has 1 aliphatic rings. The molecular formula is C6H8N2. The van der Waals surface area contributed by atoms with Gasteiger partial charge in [-0.05, 0) is 12.5 Å². The van der Waals surface area contributed by atoms with E-state index in [1.54, 1.807) is 6.21 Å². The number of rotatable bonds is 0. The van der Waals surface area contributed by atoms with Crippen molar-refractivity contribution in [2.45, 2.75) is 6.92 Å². The van der Waals surface area contributed by atoms with Crippen LogP contribution in [0.2, 0.25) is 0 Å². The second-order valence-electron chi connectivity index (χ2n) is 1.74. The van der Waals surface area contributed by atoms with Gasteiger partial charge in [0.25, 0.3) is 0 Å². The third-order valence-corrected chi connectivity index (χ3v) is 0.890. The Morgan fingerprint density at radius 2 is 2.50 bits per heavy atom. The third kappa shape index (κ3) is 0.964. The van der Waals surface area contributed by atoms with Crippen molar-refractivity contribution in [1.82, 2.24) is 5.32 Å². The zero-order valence-corrected chi connectivity index (χ0v) is 4.81. The monoisotopic (exact) mass is 108 g/mol. The molecule has 2 nitrogen and oxygen atoms in total. The average Bonchev–Trinajstić information content (AvgIpc) is 1.77. The molecule has 0 aromatic heterocycles. The number of allylic oxidation sites excluding steroid dienone is 1. The summed E-state index contributed by atoms with van der Waals surface area (Å²) in [6.07, 6.45) is 3.65. The quantitative estimate of drug-likeness (QED) is 0.492. The predicted molar refractivity (Wildman–Crippen MR) is 34.5 cm³/mol. The lowest BCUT2D eigenvalue weighted by Crippen LogP contribution is -2.06. The van der Waals surface area contributed by atoms with Crippen LogP contribution in [0.25, 0.3) is 0 Å². The first-order chi connectivity index (χ1) is 3.79. The van der Waals surface area contributed by atoms with Crippen molar-refractivity contribution in [1.29, 1.82) is 0 Å². The molecule has 0 aromatic carbocycles. The van der Waals surface area contributed by atoms with E-state index in [0.29, 0.717) is 5.82 Å². The summed E-state index contributed by atoms with van der Waals surface area (Å²) in [7, 11) is 0. The third-order valence-electron chi connectivity index (χ3n) is 0.890. The highest BCUT2D eigenvalue weighted by molar-refractivity contribution is 5.79. The zero-order chi connectivity index (χ0) is 5.98. The van der Waals surface area contributed by atoms with Gasteiger partial charge < -0.3 is 5.32 Å². The molecule has 2 heteroatoms. The Morgan fingerprint density at radius 3 is 2.88 bits per heavy atom. The van der Waals surface area contributed by atoms with Crippen molar-refractivity contribution in [2.24, 2.45) is 4.99 Å². The first-order valence-corrected chi connectivity index (χ1v) is 2.45. The average molecular weight is 108 g/mol. The minimum absolute atomic E-state index is 0.704. The summed E-state index contributed by atoms with van der Waals surface area (Å²) < 4.78 is 0. The van der Waals surface area contributed by atoms with Crippen LogP contribution in [-0.4, -0.2) is 6.21 Å². The molecule has 1 rings (SSSR count). The standard InChI is InChI=1S/C6H8N2/c1-5-3-7-6(2)8-4-5/h3-4,7H,2H2,1H3. The molecule has 1 heterocycles. The molecule has 1 N–H and O–H groups in total. The minimum Gasteiger partial charge on any atom is -0.347 e. The van der Waals surface area contributed by atoms with Gasteiger partial charge in [0.2, 0.25) is 0 Å². The second-order valence-corrected chi connectivity index (χ2v) is 1.74. The Morgan fingerprint density at radius 1 is 1.75 bits per heavy atom. The molecule has 0 aliphatic carbocycles. The van der Waals surface area contributed by atoms with Gasteiger partial charge in [0.15, 0.2) is 0 Å². The molecule has 0 bridgehead atoms. The summed E-state index contributed by atoms with van der Waals surface area (Å²) in [4.78, 5) is 3.91. The maximum Gasteiger partial charge on any atom is 0.122 e. The molecule has 0 saturated heterocycles. The van der Waals surface area contributed by atoms with Crippen LogP contribution in [-0.2, 0) is 0 Å². The van der Waals surface area contributed by atoms with Crippen molar-refractivity contribution in [3.8, 4) is 0 Å². The Kier molecular flexibility index (Phi) is 1.16. The van der Waals surface area contributed by atoms with Gasteiger partial charge in [-0.25, -0.2) is 4.99 Å². The fraction of sp³-hybridized carbons (Fsp3) is 0.167. The molecule has 1 aliphatic heterocycles. The molecule has 0 saturated carbocycles. The maximum atomic E-state index is 3.91. The summed E-state index contributed by atoms with van der Waals surface area (Å²) >= 11 is 0. The van der Waals surface area contributed by atoms with Gasteiger partial charge in [-0.1, -0.05) is 6.58 Å². The summed E-state index contributed by atoms with van der Waals surface area (Å²) in [5, 5.41) is 2.88. The van der Waals surface area contributed by atoms with E-state index >= 15 is 0 Å². The Bertz CT molecular complexity index is 163. The molecular weight excluding hydrogens is 100 g/mol. The van der Waals surface area contributed by atoms with Crippen molar-refractivity contribution in [3.63, 3.8) is 0 Å². The molecule has 8 heavy (non-hydrogen) atoms. The molecule has 0 amide bonds. The van der Waals surface area contributed by atoms with Crippen LogP contribution in [0.15, 0.2) is 29.2 Å². The number of nitrogens with one attached hydrogen (secondary N) is 1. The lowest BCUT2D eigenvalue weighted by Gasteiger charge is -2.03. The van der Waals surface area contributed by atoms with Crippen LogP contribution in [0.3, 0.4) is 0 Å². The summed E-state index contributed by atoms with van der Waals surface area (Å²) in [5.41, 5.74) is 1.12. The SMILES string of the molecule is C=C1N=CC(C)=CN1. The largest absolute Gasteiger partial charge is 0.347 e. The molecule has 0 radical (unpaired) electrons. The topological polar surface area (TPSA) is 24.4 Å². The molecule has 0 spiro atoms. The molecule has 0 atom stereocenters. The second kappa shape index (κ2) is 1.82. The Hall–Kier alpha value is -1.05. The highest BCUT2D eigenvalue weighted by Gasteiger charge is 1.90. The van der Waals surface area contributed by atoms with Gasteiger partial charge in [-0.15, -0.1) is 0 Å². The van der Waals surface area contributed by atoms with Crippen molar-refractivity contribution >= 4 is 6.21 Å². The van der Waals surface area contributed by atoms with Crippen LogP contribution in [0, 0.1) is 0 Å². The Balaban J connectivity index is 2.71.